The summed E-state index contributed by atoms with van der Waals surface area (Å²) in [7, 11) is 0. The molecular formula is C67H40. The second kappa shape index (κ2) is 14.0. The van der Waals surface area contributed by atoms with E-state index in [1.54, 1.807) is 0 Å². The Balaban J connectivity index is 1.13. The third-order valence-electron chi connectivity index (χ3n) is 15.2. The fraction of sp³-hybridized carbons (Fsp3) is 0.0149. The van der Waals surface area contributed by atoms with Gasteiger partial charge in [0.2, 0.25) is 0 Å². The van der Waals surface area contributed by atoms with Gasteiger partial charge in [0.05, 0.1) is 0 Å². The molecule has 308 valence electrons. The average molecular weight is 845 g/mol. The summed E-state index contributed by atoms with van der Waals surface area (Å²) in [4.78, 5) is 0. The van der Waals surface area contributed by atoms with E-state index in [1.165, 1.54) is 148 Å². The molecule has 1 atom stereocenters. The van der Waals surface area contributed by atoms with Gasteiger partial charge in [0.15, 0.2) is 0 Å². The van der Waals surface area contributed by atoms with Gasteiger partial charge in [0.25, 0.3) is 0 Å². The van der Waals surface area contributed by atoms with Gasteiger partial charge in [-0.05, 0) is 160 Å². The molecule has 0 bridgehead atoms. The summed E-state index contributed by atoms with van der Waals surface area (Å²) in [5.41, 5.74) is 19.4. The van der Waals surface area contributed by atoms with E-state index in [-0.39, 0.29) is 5.92 Å². The molecule has 0 heteroatoms. The van der Waals surface area contributed by atoms with E-state index >= 15 is 0 Å². The number of hydrogen-bond acceptors (Lipinski definition) is 0. The molecule has 4 aliphatic carbocycles. The van der Waals surface area contributed by atoms with Crippen LogP contribution < -0.4 is 10.4 Å². The standard InChI is InChI=1S/C67H40/c1-7-19-47-41(13-1)25-31-53-54-32-26-42-14-2-8-20-48(42)63(54)59(62(47)53)37-40(38-60-64-49-21-9-3-15-43(49)27-33-55(64)56-34-28-44-16-4-10-22-50(44)65(56)60)39-61-66-51-23-11-5-17-45(51)29-35-57(66)58-36-30-46-18-6-12-24-52(46)67(58)61/h1-39,62H. The molecule has 0 nitrogen and oxygen atoms in total. The predicted octanol–water partition coefficient (Wildman–Crippen LogP) is 15.7. The smallest absolute Gasteiger partial charge is 0.0358 e. The Kier molecular flexibility index (Phi) is 7.65. The van der Waals surface area contributed by atoms with Crippen LogP contribution in [-0.2, 0) is 0 Å². The molecule has 0 aliphatic heterocycles. The first-order valence-corrected chi connectivity index (χ1v) is 23.5. The van der Waals surface area contributed by atoms with Gasteiger partial charge < -0.3 is 0 Å². The minimum Gasteiger partial charge on any atom is -0.0619 e. The maximum absolute atomic E-state index is 2.58. The number of allylic oxidation sites excluding steroid dienone is 5. The predicted molar refractivity (Wildman–Crippen MR) is 284 cm³/mol. The highest BCUT2D eigenvalue weighted by atomic mass is 14.4. The van der Waals surface area contributed by atoms with Crippen molar-refractivity contribution in [3.63, 3.8) is 0 Å². The Morgan fingerprint density at radius 3 is 1.21 bits per heavy atom. The molecule has 0 saturated carbocycles. The van der Waals surface area contributed by atoms with Crippen molar-refractivity contribution in [1.82, 2.24) is 0 Å². The van der Waals surface area contributed by atoms with Gasteiger partial charge in [0, 0.05) is 5.92 Å². The molecule has 11 aromatic carbocycles. The van der Waals surface area contributed by atoms with E-state index in [0.717, 1.165) is 0 Å². The molecule has 0 aromatic heterocycles. The van der Waals surface area contributed by atoms with Gasteiger partial charge in [-0.25, -0.2) is 0 Å². The van der Waals surface area contributed by atoms with Crippen molar-refractivity contribution in [1.29, 1.82) is 0 Å². The van der Waals surface area contributed by atoms with Crippen LogP contribution in [0.15, 0.2) is 236 Å². The lowest BCUT2D eigenvalue weighted by atomic mass is 9.80. The molecule has 0 N–H and O–H groups in total. The van der Waals surface area contributed by atoms with E-state index in [9.17, 15) is 0 Å². The minimum absolute atomic E-state index is 0.0726. The summed E-state index contributed by atoms with van der Waals surface area (Å²) < 4.78 is 0. The SMILES string of the molecule is C1=Cc2ccccc2C2C1=c1ccc3ccccc3c1=C2C=C(C=C1c2c(ccc3ccccc23)-c2ccc3ccccc3c21)C=C1c2c(ccc3ccccc23)-c2ccc3ccccc3c21. The van der Waals surface area contributed by atoms with Crippen LogP contribution in [0.5, 0.6) is 0 Å². The first-order chi connectivity index (χ1) is 33.2. The molecule has 0 fully saturated rings. The number of rotatable bonds is 3. The Bertz CT molecular complexity index is 3950. The molecule has 0 spiro atoms. The molecule has 0 amide bonds. The first-order valence-electron chi connectivity index (χ1n) is 23.5. The molecular weight excluding hydrogens is 805 g/mol. The summed E-state index contributed by atoms with van der Waals surface area (Å²) in [6, 6.07) is 77.1. The van der Waals surface area contributed by atoms with E-state index in [0.29, 0.717) is 0 Å². The van der Waals surface area contributed by atoms with Crippen LogP contribution in [0.2, 0.25) is 0 Å². The Labute approximate surface area is 388 Å². The zero-order valence-corrected chi connectivity index (χ0v) is 36.6. The summed E-state index contributed by atoms with van der Waals surface area (Å²) in [6.45, 7) is 0. The third-order valence-corrected chi connectivity index (χ3v) is 15.2. The van der Waals surface area contributed by atoms with Gasteiger partial charge in [-0.2, -0.15) is 0 Å². The number of benzene rings is 11. The van der Waals surface area contributed by atoms with Crippen LogP contribution in [0.1, 0.15) is 39.3 Å². The summed E-state index contributed by atoms with van der Waals surface area (Å²) in [5.74, 6) is 0.0726. The zero-order valence-electron chi connectivity index (χ0n) is 36.6. The Morgan fingerprint density at radius 1 is 0.343 bits per heavy atom. The highest BCUT2D eigenvalue weighted by Gasteiger charge is 2.33. The summed E-state index contributed by atoms with van der Waals surface area (Å²) >= 11 is 0. The van der Waals surface area contributed by atoms with Gasteiger partial charge in [0.1, 0.15) is 0 Å². The van der Waals surface area contributed by atoms with Crippen molar-refractivity contribution >= 4 is 82.2 Å². The first kappa shape index (κ1) is 36.7. The summed E-state index contributed by atoms with van der Waals surface area (Å²) in [6.07, 6.45) is 12.4. The van der Waals surface area contributed by atoms with Crippen molar-refractivity contribution in [3.05, 3.63) is 280 Å². The van der Waals surface area contributed by atoms with E-state index in [4.69, 9.17) is 0 Å². The molecule has 0 heterocycles. The van der Waals surface area contributed by atoms with E-state index < -0.39 is 0 Å². The fourth-order valence-corrected chi connectivity index (χ4v) is 12.4. The fourth-order valence-electron chi connectivity index (χ4n) is 12.4. The van der Waals surface area contributed by atoms with Crippen molar-refractivity contribution < 1.29 is 0 Å². The lowest BCUT2D eigenvalue weighted by Crippen LogP contribution is -2.24. The van der Waals surface area contributed by atoms with Crippen molar-refractivity contribution in [2.45, 2.75) is 5.92 Å². The van der Waals surface area contributed by atoms with Crippen LogP contribution in [0, 0.1) is 0 Å². The number of hydrogen-bond donors (Lipinski definition) is 0. The van der Waals surface area contributed by atoms with E-state index in [1.807, 2.05) is 0 Å². The van der Waals surface area contributed by atoms with Crippen LogP contribution >= 0.6 is 0 Å². The topological polar surface area (TPSA) is 0 Å². The second-order valence-electron chi connectivity index (χ2n) is 18.6. The van der Waals surface area contributed by atoms with Crippen LogP contribution in [-0.4, -0.2) is 0 Å². The van der Waals surface area contributed by atoms with Crippen molar-refractivity contribution in [3.8, 4) is 22.3 Å². The van der Waals surface area contributed by atoms with E-state index in [2.05, 4.69) is 237 Å². The van der Waals surface area contributed by atoms with Crippen LogP contribution in [0.25, 0.3) is 104 Å². The summed E-state index contributed by atoms with van der Waals surface area (Å²) in [5, 5.41) is 15.3. The molecule has 15 rings (SSSR count). The maximum Gasteiger partial charge on any atom is 0.0358 e. The third kappa shape index (κ3) is 5.24. The maximum atomic E-state index is 2.58. The highest BCUT2D eigenvalue weighted by molar-refractivity contribution is 6.19. The van der Waals surface area contributed by atoms with Gasteiger partial charge in [-0.15, -0.1) is 0 Å². The molecule has 1 unspecified atom stereocenters. The van der Waals surface area contributed by atoms with Crippen molar-refractivity contribution in [2.24, 2.45) is 0 Å². The lowest BCUT2D eigenvalue weighted by Gasteiger charge is -2.23. The Hall–Kier alpha value is -8.58. The van der Waals surface area contributed by atoms with Crippen molar-refractivity contribution in [2.75, 3.05) is 0 Å². The van der Waals surface area contributed by atoms with Crippen LogP contribution in [0.4, 0.5) is 0 Å². The monoisotopic (exact) mass is 844 g/mol. The van der Waals surface area contributed by atoms with Gasteiger partial charge in [-0.1, -0.05) is 224 Å². The van der Waals surface area contributed by atoms with Gasteiger partial charge in [-0.3, -0.25) is 0 Å². The average Bonchev–Trinajstić information content (AvgIpc) is 4.02. The minimum atomic E-state index is 0.0726. The molecule has 0 radical (unpaired) electrons. The Morgan fingerprint density at radius 2 is 0.731 bits per heavy atom. The molecule has 0 saturated heterocycles. The zero-order chi connectivity index (χ0) is 43.7. The molecule has 4 aliphatic rings. The van der Waals surface area contributed by atoms with Crippen LogP contribution in [0.3, 0.4) is 0 Å². The normalized spacial score (nSPS) is 14.8. The largest absolute Gasteiger partial charge is 0.0619 e. The quantitative estimate of drug-likeness (QED) is 0.166. The van der Waals surface area contributed by atoms with Gasteiger partial charge >= 0.3 is 0 Å². The highest BCUT2D eigenvalue weighted by Crippen LogP contribution is 2.53. The lowest BCUT2D eigenvalue weighted by molar-refractivity contribution is 1.13. The molecule has 11 aromatic rings. The molecule has 67 heavy (non-hydrogen) atoms. The number of fused-ring (bicyclic) bond motifs is 20. The second-order valence-corrected chi connectivity index (χ2v) is 18.6.